The Morgan fingerprint density at radius 3 is 1.80 bits per heavy atom. The van der Waals surface area contributed by atoms with Gasteiger partial charge in [0.15, 0.2) is 0 Å². The van der Waals surface area contributed by atoms with E-state index >= 15 is 0 Å². The zero-order chi connectivity index (χ0) is 42.5. The van der Waals surface area contributed by atoms with Crippen LogP contribution in [0.15, 0.2) is 130 Å². The third-order valence-corrected chi connectivity index (χ3v) is 11.0. The first-order valence-corrected chi connectivity index (χ1v) is 20.8. The Balaban J connectivity index is 0.000000199. The maximum Gasteiger partial charge on any atom is 0.282 e. The van der Waals surface area contributed by atoms with Crippen molar-refractivity contribution in [3.63, 3.8) is 0 Å². The number of fused-ring (bicyclic) bond motifs is 1. The molecule has 21 heteroatoms. The quantitative estimate of drug-likeness (QED) is 0.129. The van der Waals surface area contributed by atoms with Crippen LogP contribution < -0.4 is 26.5 Å². The van der Waals surface area contributed by atoms with Crippen molar-refractivity contribution in [2.75, 3.05) is 10.6 Å². The van der Waals surface area contributed by atoms with Crippen molar-refractivity contribution in [1.29, 1.82) is 5.26 Å². The number of pyridine rings is 1. The summed E-state index contributed by atoms with van der Waals surface area (Å²) in [6.07, 6.45) is 5.97. The Kier molecular flexibility index (Phi) is 12.4. The van der Waals surface area contributed by atoms with E-state index in [2.05, 4.69) is 25.8 Å². The van der Waals surface area contributed by atoms with Crippen molar-refractivity contribution >= 4 is 77.3 Å². The minimum atomic E-state index is -4.21. The predicted molar refractivity (Wildman–Crippen MR) is 220 cm³/mol. The van der Waals surface area contributed by atoms with Crippen LogP contribution in [0.2, 0.25) is 10.0 Å². The molecule has 0 aliphatic heterocycles. The zero-order valence-electron chi connectivity index (χ0n) is 30.2. The number of halogens is 2. The van der Waals surface area contributed by atoms with E-state index in [9.17, 15) is 31.2 Å². The van der Waals surface area contributed by atoms with Gasteiger partial charge in [-0.25, -0.2) is 31.8 Å². The van der Waals surface area contributed by atoms with Gasteiger partial charge < -0.3 is 10.6 Å². The van der Waals surface area contributed by atoms with E-state index in [1.54, 1.807) is 85.3 Å². The number of nitrogens with two attached hydrogens (primary N) is 2. The second kappa shape index (κ2) is 17.5. The summed E-state index contributed by atoms with van der Waals surface area (Å²) < 4.78 is 51.1. The molecule has 300 valence electrons. The van der Waals surface area contributed by atoms with Gasteiger partial charge in [0.25, 0.3) is 5.56 Å². The molecule has 0 bridgehead atoms. The highest BCUT2D eigenvalue weighted by molar-refractivity contribution is 7.89. The highest BCUT2D eigenvalue weighted by atomic mass is 35.5. The fourth-order valence-corrected chi connectivity index (χ4v) is 7.61. The molecule has 3 aromatic heterocycles. The molecule has 0 spiro atoms. The summed E-state index contributed by atoms with van der Waals surface area (Å²) >= 11 is 12.1. The van der Waals surface area contributed by atoms with Crippen LogP contribution in [0, 0.1) is 11.3 Å². The monoisotopic (exact) mass is 872 g/mol. The Morgan fingerprint density at radius 2 is 1.29 bits per heavy atom. The van der Waals surface area contributed by atoms with Gasteiger partial charge in [0, 0.05) is 39.2 Å². The van der Waals surface area contributed by atoms with Crippen LogP contribution >= 0.6 is 23.2 Å². The first-order chi connectivity index (χ1) is 28.0. The first-order valence-electron chi connectivity index (χ1n) is 16.9. The summed E-state index contributed by atoms with van der Waals surface area (Å²) in [5.41, 5.74) is 1.85. The van der Waals surface area contributed by atoms with Crippen molar-refractivity contribution in [3.05, 3.63) is 153 Å². The van der Waals surface area contributed by atoms with Gasteiger partial charge in [0.05, 0.1) is 42.1 Å². The molecule has 0 saturated heterocycles. The first kappa shape index (κ1) is 42.0. The van der Waals surface area contributed by atoms with Crippen LogP contribution in [0.5, 0.6) is 0 Å². The van der Waals surface area contributed by atoms with Crippen molar-refractivity contribution in [2.24, 2.45) is 10.3 Å². The van der Waals surface area contributed by atoms with Crippen LogP contribution in [0.25, 0.3) is 22.3 Å². The number of anilines is 2. The lowest BCUT2D eigenvalue weighted by Crippen LogP contribution is -2.18. The molecule has 7 rings (SSSR count). The summed E-state index contributed by atoms with van der Waals surface area (Å²) in [4.78, 5) is 39.9. The number of benzene rings is 4. The smallest absolute Gasteiger partial charge is 0.282 e. The Morgan fingerprint density at radius 1 is 0.763 bits per heavy atom. The molecule has 0 atom stereocenters. The van der Waals surface area contributed by atoms with Gasteiger partial charge in [-0.2, -0.15) is 10.4 Å². The SMILES string of the molecule is N#Cc1cn(-c2ccc(NC(=O)Cc3ccccc3Cl)cc2S(N)(=O)=O)[nH]c1=O.NS(=O)(=O)c1cc(NC(=O)Cc2ccccc2Cl)ccc1-n1ncc2cnccc21. The highest BCUT2D eigenvalue weighted by Gasteiger charge is 2.21. The van der Waals surface area contributed by atoms with Gasteiger partial charge in [0.2, 0.25) is 31.9 Å². The average molecular weight is 874 g/mol. The summed E-state index contributed by atoms with van der Waals surface area (Å²) in [6, 6.07) is 25.7. The van der Waals surface area contributed by atoms with E-state index < -0.39 is 31.5 Å². The van der Waals surface area contributed by atoms with Crippen molar-refractivity contribution in [1.82, 2.24) is 24.5 Å². The number of carbonyl (C=O) groups is 2. The number of amides is 2. The van der Waals surface area contributed by atoms with Crippen LogP contribution in [0.3, 0.4) is 0 Å². The number of nitrogens with one attached hydrogen (secondary N) is 3. The molecule has 2 amide bonds. The molecule has 0 aliphatic rings. The van der Waals surface area contributed by atoms with Crippen molar-refractivity contribution in [3.8, 4) is 17.4 Å². The van der Waals surface area contributed by atoms with Gasteiger partial charge in [-0.1, -0.05) is 59.6 Å². The molecule has 0 radical (unpaired) electrons. The summed E-state index contributed by atoms with van der Waals surface area (Å²) in [5, 5.41) is 33.2. The van der Waals surface area contributed by atoms with Crippen molar-refractivity contribution < 1.29 is 26.4 Å². The number of hydrogen-bond donors (Lipinski definition) is 5. The van der Waals surface area contributed by atoms with Crippen molar-refractivity contribution in [2.45, 2.75) is 22.6 Å². The van der Waals surface area contributed by atoms with Crippen LogP contribution in [-0.4, -0.2) is 53.2 Å². The van der Waals surface area contributed by atoms with E-state index in [0.717, 1.165) is 16.3 Å². The molecular weight excluding hydrogens is 844 g/mol. The number of nitriles is 1. The molecule has 3 heterocycles. The summed E-state index contributed by atoms with van der Waals surface area (Å²) in [6.45, 7) is 0. The molecule has 17 nitrogen and oxygen atoms in total. The van der Waals surface area contributed by atoms with Gasteiger partial charge >= 0.3 is 0 Å². The number of primary sulfonamides is 2. The second-order valence-electron chi connectivity index (χ2n) is 12.5. The molecule has 7 N–H and O–H groups in total. The molecule has 0 fully saturated rings. The number of nitrogens with zero attached hydrogens (tertiary/aromatic N) is 5. The lowest BCUT2D eigenvalue weighted by Gasteiger charge is -2.12. The lowest BCUT2D eigenvalue weighted by atomic mass is 10.1. The maximum absolute atomic E-state index is 12.4. The number of aromatic amines is 1. The van der Waals surface area contributed by atoms with E-state index in [1.165, 1.54) is 35.0 Å². The van der Waals surface area contributed by atoms with Crippen LogP contribution in [-0.2, 0) is 42.5 Å². The number of carbonyl (C=O) groups excluding carboxylic acids is 2. The second-order valence-corrected chi connectivity index (χ2v) is 16.4. The van der Waals surface area contributed by atoms with E-state index in [-0.39, 0.29) is 56.9 Å². The Hall–Kier alpha value is -6.66. The van der Waals surface area contributed by atoms with E-state index in [4.69, 9.17) is 38.7 Å². The lowest BCUT2D eigenvalue weighted by molar-refractivity contribution is -0.116. The summed E-state index contributed by atoms with van der Waals surface area (Å²) in [7, 11) is -8.31. The standard InChI is InChI=1S/C20H16ClN5O3S.C18H14ClN5O4S/c21-16-4-2-1-3-13(16)9-20(27)25-15-5-6-18(19(10-15)30(22,28)29)26-17-7-8-23-11-14(17)12-24-26;19-14-4-2-1-3-11(14)7-17(25)22-13-5-6-15(16(8-13)29(21,27)28)24-10-12(9-20)18(26)23-24/h1-8,10-12H,9H2,(H,25,27)(H2,22,28,29);1-6,8,10H,7H2,(H,22,25)(H,23,26)(H2,21,27,28). The molecule has 59 heavy (non-hydrogen) atoms. The topological polar surface area (TPSA) is 271 Å². The van der Waals surface area contributed by atoms with Gasteiger partial charge in [-0.05, 0) is 65.7 Å². The van der Waals surface area contributed by atoms with Crippen LogP contribution in [0.1, 0.15) is 16.7 Å². The van der Waals surface area contributed by atoms with E-state index in [0.29, 0.717) is 26.7 Å². The van der Waals surface area contributed by atoms with Gasteiger partial charge in [-0.15, -0.1) is 0 Å². The minimum absolute atomic E-state index is 0.0113. The third kappa shape index (κ3) is 10.1. The largest absolute Gasteiger partial charge is 0.326 e. The maximum atomic E-state index is 12.4. The normalized spacial score (nSPS) is 11.3. The fraction of sp³-hybridized carbons (Fsp3) is 0.0526. The summed E-state index contributed by atoms with van der Waals surface area (Å²) in [5.74, 6) is -0.751. The molecular formula is C38H30Cl2N10O7S2. The number of hydrogen-bond acceptors (Lipinski definition) is 10. The average Bonchev–Trinajstić information content (AvgIpc) is 3.79. The molecule has 0 unspecified atom stereocenters. The third-order valence-electron chi connectivity index (χ3n) is 8.42. The minimum Gasteiger partial charge on any atom is -0.326 e. The molecule has 4 aromatic carbocycles. The van der Waals surface area contributed by atoms with Gasteiger partial charge in [-0.3, -0.25) is 29.1 Å². The fourth-order valence-electron chi connectivity index (χ4n) is 5.72. The molecule has 0 aliphatic carbocycles. The van der Waals surface area contributed by atoms with Crippen LogP contribution in [0.4, 0.5) is 11.4 Å². The van der Waals surface area contributed by atoms with Gasteiger partial charge in [0.1, 0.15) is 21.4 Å². The highest BCUT2D eigenvalue weighted by Crippen LogP contribution is 2.27. The molecule has 7 aromatic rings. The predicted octanol–water partition coefficient (Wildman–Crippen LogP) is 4.42. The number of aromatic nitrogens is 5. The Bertz CT molecular complexity index is 3090. The number of sulfonamides is 2. The van der Waals surface area contributed by atoms with E-state index in [1.807, 2.05) is 0 Å². The number of H-pyrrole nitrogens is 1. The number of rotatable bonds is 10. The zero-order valence-corrected chi connectivity index (χ0v) is 33.3. The Labute approximate surface area is 345 Å². The molecule has 0 saturated carbocycles.